The van der Waals surface area contributed by atoms with Gasteiger partial charge in [0.15, 0.2) is 0 Å². The fourth-order valence-electron chi connectivity index (χ4n) is 2.39. The summed E-state index contributed by atoms with van der Waals surface area (Å²) in [7, 11) is 0. The molecule has 6 heteroatoms. The van der Waals surface area contributed by atoms with E-state index in [1.807, 2.05) is 44.1 Å². The van der Waals surface area contributed by atoms with Crippen LogP contribution in [0.3, 0.4) is 0 Å². The van der Waals surface area contributed by atoms with Crippen LogP contribution in [-0.4, -0.2) is 47.8 Å². The first-order chi connectivity index (χ1) is 10.2. The van der Waals surface area contributed by atoms with E-state index in [1.54, 1.807) is 11.3 Å². The summed E-state index contributed by atoms with van der Waals surface area (Å²) in [4.78, 5) is 28.9. The molecule has 2 aromatic rings. The molecule has 2 amide bonds. The maximum absolute atomic E-state index is 12.2. The molecule has 3 heterocycles. The fourth-order valence-corrected chi connectivity index (χ4v) is 3.75. The van der Waals surface area contributed by atoms with Crippen molar-refractivity contribution in [1.29, 1.82) is 0 Å². The third-order valence-corrected chi connectivity index (χ3v) is 5.18. The quantitative estimate of drug-likeness (QED) is 0.871. The highest BCUT2D eigenvalue weighted by atomic mass is 32.1. The molecule has 0 radical (unpaired) electrons. The first-order valence-electron chi connectivity index (χ1n) is 6.85. The lowest BCUT2D eigenvalue weighted by atomic mass is 10.2. The van der Waals surface area contributed by atoms with Gasteiger partial charge in [0.05, 0.1) is 11.3 Å². The van der Waals surface area contributed by atoms with Crippen LogP contribution >= 0.6 is 22.7 Å². The largest absolute Gasteiger partial charge is 0.339 e. The predicted octanol–water partition coefficient (Wildman–Crippen LogP) is 2.34. The van der Waals surface area contributed by atoms with Crippen LogP contribution in [0.1, 0.15) is 15.2 Å². The third-order valence-electron chi connectivity index (χ3n) is 3.59. The summed E-state index contributed by atoms with van der Waals surface area (Å²) >= 11 is 3.07. The predicted molar refractivity (Wildman–Crippen MR) is 84.8 cm³/mol. The highest BCUT2D eigenvalue weighted by molar-refractivity contribution is 7.12. The van der Waals surface area contributed by atoms with Gasteiger partial charge in [0.2, 0.25) is 5.91 Å². The highest BCUT2D eigenvalue weighted by Crippen LogP contribution is 2.15. The van der Waals surface area contributed by atoms with E-state index in [0.717, 1.165) is 10.4 Å². The second-order valence-corrected chi connectivity index (χ2v) is 6.69. The summed E-state index contributed by atoms with van der Waals surface area (Å²) < 4.78 is 0. The van der Waals surface area contributed by atoms with E-state index >= 15 is 0 Å². The van der Waals surface area contributed by atoms with Gasteiger partial charge in [0.25, 0.3) is 5.91 Å². The molecule has 1 aliphatic heterocycles. The van der Waals surface area contributed by atoms with Crippen molar-refractivity contribution in [2.75, 3.05) is 26.2 Å². The summed E-state index contributed by atoms with van der Waals surface area (Å²) in [5.41, 5.74) is 1.07. The second kappa shape index (κ2) is 6.41. The average Bonchev–Trinajstić information content (AvgIpc) is 3.20. The number of amides is 2. The van der Waals surface area contributed by atoms with Gasteiger partial charge < -0.3 is 9.80 Å². The molecule has 21 heavy (non-hydrogen) atoms. The van der Waals surface area contributed by atoms with E-state index in [2.05, 4.69) is 0 Å². The second-order valence-electron chi connectivity index (χ2n) is 4.96. The normalized spacial score (nSPS) is 15.2. The Kier molecular flexibility index (Phi) is 4.36. The number of piperazine rings is 1. The Morgan fingerprint density at radius 1 is 1.05 bits per heavy atom. The number of carbonyl (C=O) groups is 2. The van der Waals surface area contributed by atoms with Gasteiger partial charge in [-0.05, 0) is 33.8 Å². The van der Waals surface area contributed by atoms with E-state index in [4.69, 9.17) is 0 Å². The molecule has 0 N–H and O–H groups in total. The van der Waals surface area contributed by atoms with E-state index in [-0.39, 0.29) is 11.8 Å². The van der Waals surface area contributed by atoms with Crippen LogP contribution in [0.15, 0.2) is 34.3 Å². The summed E-state index contributed by atoms with van der Waals surface area (Å²) in [6.45, 7) is 2.48. The molecule has 0 saturated carbocycles. The average molecular weight is 320 g/mol. The van der Waals surface area contributed by atoms with Crippen molar-refractivity contribution in [3.05, 3.63) is 44.8 Å². The van der Waals surface area contributed by atoms with E-state index in [9.17, 15) is 9.59 Å². The first kappa shape index (κ1) is 14.3. The Labute approximate surface area is 131 Å². The number of hydrogen-bond acceptors (Lipinski definition) is 4. The number of rotatable bonds is 3. The molecule has 2 aromatic heterocycles. The SMILES string of the molecule is O=C(Cc1ccsc1)N1CCN(C(=O)c2cccs2)CC1. The van der Waals surface area contributed by atoms with Gasteiger partial charge in [0.1, 0.15) is 0 Å². The monoisotopic (exact) mass is 320 g/mol. The summed E-state index contributed by atoms with van der Waals surface area (Å²) in [6, 6.07) is 5.72. The van der Waals surface area contributed by atoms with Crippen molar-refractivity contribution in [1.82, 2.24) is 9.80 Å². The Morgan fingerprint density at radius 3 is 2.43 bits per heavy atom. The molecule has 0 atom stereocenters. The highest BCUT2D eigenvalue weighted by Gasteiger charge is 2.25. The van der Waals surface area contributed by atoms with Crippen molar-refractivity contribution in [2.24, 2.45) is 0 Å². The molecular weight excluding hydrogens is 304 g/mol. The van der Waals surface area contributed by atoms with Gasteiger partial charge in [0, 0.05) is 26.2 Å². The zero-order valence-corrected chi connectivity index (χ0v) is 13.2. The lowest BCUT2D eigenvalue weighted by molar-refractivity contribution is -0.131. The molecule has 0 aromatic carbocycles. The molecule has 0 aliphatic carbocycles. The Bertz CT molecular complexity index is 600. The lowest BCUT2D eigenvalue weighted by Gasteiger charge is -2.34. The van der Waals surface area contributed by atoms with Crippen LogP contribution in [0.2, 0.25) is 0 Å². The maximum Gasteiger partial charge on any atom is 0.264 e. The lowest BCUT2D eigenvalue weighted by Crippen LogP contribution is -2.50. The molecule has 1 fully saturated rings. The van der Waals surface area contributed by atoms with Crippen molar-refractivity contribution in [3.8, 4) is 0 Å². The molecule has 3 rings (SSSR count). The fraction of sp³-hybridized carbons (Fsp3) is 0.333. The molecule has 110 valence electrons. The molecule has 0 bridgehead atoms. The number of thiophene rings is 2. The molecule has 1 saturated heterocycles. The zero-order chi connectivity index (χ0) is 14.7. The van der Waals surface area contributed by atoms with E-state index < -0.39 is 0 Å². The minimum absolute atomic E-state index is 0.0786. The summed E-state index contributed by atoms with van der Waals surface area (Å²) in [5, 5.41) is 5.91. The van der Waals surface area contributed by atoms with Crippen LogP contribution in [0.4, 0.5) is 0 Å². The van der Waals surface area contributed by atoms with Crippen LogP contribution in [0.25, 0.3) is 0 Å². The molecule has 4 nitrogen and oxygen atoms in total. The van der Waals surface area contributed by atoms with Crippen LogP contribution in [0, 0.1) is 0 Å². The van der Waals surface area contributed by atoms with Crippen LogP contribution in [0.5, 0.6) is 0 Å². The summed E-state index contributed by atoms with van der Waals surface area (Å²) in [6.07, 6.45) is 0.461. The van der Waals surface area contributed by atoms with Crippen molar-refractivity contribution >= 4 is 34.5 Å². The van der Waals surface area contributed by atoms with E-state index in [1.165, 1.54) is 11.3 Å². The topological polar surface area (TPSA) is 40.6 Å². The van der Waals surface area contributed by atoms with Crippen molar-refractivity contribution in [3.63, 3.8) is 0 Å². The van der Waals surface area contributed by atoms with Gasteiger partial charge in [-0.2, -0.15) is 11.3 Å². The number of hydrogen-bond donors (Lipinski definition) is 0. The van der Waals surface area contributed by atoms with Crippen LogP contribution < -0.4 is 0 Å². The first-order valence-corrected chi connectivity index (χ1v) is 8.68. The smallest absolute Gasteiger partial charge is 0.264 e. The van der Waals surface area contributed by atoms with Gasteiger partial charge >= 0.3 is 0 Å². The molecule has 0 unspecified atom stereocenters. The third kappa shape index (κ3) is 3.33. The van der Waals surface area contributed by atoms with Gasteiger partial charge in [-0.1, -0.05) is 6.07 Å². The number of nitrogens with zero attached hydrogens (tertiary/aromatic N) is 2. The van der Waals surface area contributed by atoms with Gasteiger partial charge in [-0.15, -0.1) is 11.3 Å². The number of carbonyl (C=O) groups excluding carboxylic acids is 2. The van der Waals surface area contributed by atoms with Crippen molar-refractivity contribution < 1.29 is 9.59 Å². The van der Waals surface area contributed by atoms with E-state index in [0.29, 0.717) is 32.6 Å². The van der Waals surface area contributed by atoms with Crippen LogP contribution in [-0.2, 0) is 11.2 Å². The Morgan fingerprint density at radius 2 is 1.81 bits per heavy atom. The van der Waals surface area contributed by atoms with Gasteiger partial charge in [-0.25, -0.2) is 0 Å². The molecule has 0 spiro atoms. The molecular formula is C15H16N2O2S2. The molecule has 1 aliphatic rings. The Hall–Kier alpha value is -1.66. The van der Waals surface area contributed by atoms with Crippen molar-refractivity contribution in [2.45, 2.75) is 6.42 Å². The standard InChI is InChI=1S/C15H16N2O2S2/c18-14(10-12-3-9-20-11-12)16-4-6-17(7-5-16)15(19)13-2-1-8-21-13/h1-3,8-9,11H,4-7,10H2. The maximum atomic E-state index is 12.2. The zero-order valence-electron chi connectivity index (χ0n) is 11.5. The Balaban J connectivity index is 1.53. The van der Waals surface area contributed by atoms with Gasteiger partial charge in [-0.3, -0.25) is 9.59 Å². The minimum Gasteiger partial charge on any atom is -0.339 e. The minimum atomic E-state index is 0.0786. The summed E-state index contributed by atoms with van der Waals surface area (Å²) in [5.74, 6) is 0.228.